The zero-order valence-corrected chi connectivity index (χ0v) is 13.6. The molecule has 2 aromatic rings. The quantitative estimate of drug-likeness (QED) is 0.813. The molecule has 0 aliphatic carbocycles. The van der Waals surface area contributed by atoms with Gasteiger partial charge in [0.15, 0.2) is 0 Å². The van der Waals surface area contributed by atoms with Crippen LogP contribution in [0, 0.1) is 0 Å². The lowest BCUT2D eigenvalue weighted by atomic mass is 9.93. The van der Waals surface area contributed by atoms with Crippen molar-refractivity contribution in [3.8, 4) is 0 Å². The number of carbonyl (C=O) groups excluding carboxylic acids is 2. The molecule has 6 nitrogen and oxygen atoms in total. The minimum absolute atomic E-state index is 0.405. The summed E-state index contributed by atoms with van der Waals surface area (Å²) in [6, 6.07) is 12.7. The van der Waals surface area contributed by atoms with Crippen LogP contribution in [0.1, 0.15) is 43.9 Å². The molecule has 24 heavy (non-hydrogen) atoms. The summed E-state index contributed by atoms with van der Waals surface area (Å²) < 4.78 is 9.32. The summed E-state index contributed by atoms with van der Waals surface area (Å²) in [5.41, 5.74) is 14.9. The van der Waals surface area contributed by atoms with Gasteiger partial charge in [-0.05, 0) is 35.4 Å². The van der Waals surface area contributed by atoms with Crippen molar-refractivity contribution in [1.29, 1.82) is 0 Å². The molecule has 0 aliphatic heterocycles. The fourth-order valence-corrected chi connectivity index (χ4v) is 2.33. The van der Waals surface area contributed by atoms with Gasteiger partial charge < -0.3 is 20.9 Å². The van der Waals surface area contributed by atoms with Crippen LogP contribution in [0.25, 0.3) is 0 Å². The molecule has 0 fully saturated rings. The van der Waals surface area contributed by atoms with Crippen LogP contribution in [0.2, 0.25) is 0 Å². The predicted octanol–water partition coefficient (Wildman–Crippen LogP) is 1.96. The van der Waals surface area contributed by atoms with E-state index in [-0.39, 0.29) is 0 Å². The molecule has 0 amide bonds. The van der Waals surface area contributed by atoms with Gasteiger partial charge in [0.05, 0.1) is 25.3 Å². The SMILES string of the molecule is COC(=O)c1ccc([C@H](N)[C@@H](N)c2ccc(C(=O)OC)cc2)cc1. The van der Waals surface area contributed by atoms with Gasteiger partial charge in [-0.15, -0.1) is 0 Å². The third kappa shape index (κ3) is 3.79. The molecule has 0 bridgehead atoms. The molecule has 2 rings (SSSR count). The molecule has 2 atom stereocenters. The Morgan fingerprint density at radius 3 is 1.25 bits per heavy atom. The van der Waals surface area contributed by atoms with Gasteiger partial charge in [-0.2, -0.15) is 0 Å². The van der Waals surface area contributed by atoms with Gasteiger partial charge in [-0.25, -0.2) is 9.59 Å². The van der Waals surface area contributed by atoms with Gasteiger partial charge in [0.1, 0.15) is 0 Å². The summed E-state index contributed by atoms with van der Waals surface area (Å²) in [4.78, 5) is 22.9. The number of methoxy groups -OCH3 is 2. The monoisotopic (exact) mass is 328 g/mol. The molecule has 0 saturated carbocycles. The summed E-state index contributed by atoms with van der Waals surface area (Å²) in [7, 11) is 2.66. The minimum Gasteiger partial charge on any atom is -0.465 e. The van der Waals surface area contributed by atoms with E-state index in [1.165, 1.54) is 14.2 Å². The Morgan fingerprint density at radius 1 is 0.708 bits per heavy atom. The van der Waals surface area contributed by atoms with Crippen molar-refractivity contribution >= 4 is 11.9 Å². The fraction of sp³-hybridized carbons (Fsp3) is 0.222. The molecule has 0 aliphatic rings. The minimum atomic E-state index is -0.458. The van der Waals surface area contributed by atoms with Gasteiger partial charge in [0.25, 0.3) is 0 Å². The fourth-order valence-electron chi connectivity index (χ4n) is 2.33. The Kier molecular flexibility index (Phi) is 5.68. The van der Waals surface area contributed by atoms with E-state index in [9.17, 15) is 9.59 Å². The molecular weight excluding hydrogens is 308 g/mol. The molecule has 126 valence electrons. The molecule has 0 unspecified atom stereocenters. The van der Waals surface area contributed by atoms with Crippen LogP contribution in [0.5, 0.6) is 0 Å². The summed E-state index contributed by atoms with van der Waals surface area (Å²) in [6.45, 7) is 0. The van der Waals surface area contributed by atoms with Crippen LogP contribution in [-0.4, -0.2) is 26.2 Å². The maximum absolute atomic E-state index is 11.4. The van der Waals surface area contributed by atoms with Crippen LogP contribution >= 0.6 is 0 Å². The number of esters is 2. The van der Waals surface area contributed by atoms with Gasteiger partial charge >= 0.3 is 11.9 Å². The van der Waals surface area contributed by atoms with Crippen molar-refractivity contribution in [2.24, 2.45) is 11.5 Å². The second-order valence-electron chi connectivity index (χ2n) is 5.28. The first-order valence-corrected chi connectivity index (χ1v) is 7.35. The molecule has 0 heterocycles. The molecule has 0 spiro atoms. The standard InChI is InChI=1S/C18H20N2O4/c1-23-17(21)13-7-3-11(4-8-13)15(19)16(20)12-5-9-14(10-6-12)18(22)24-2/h3-10,15-16H,19-20H2,1-2H3/t15-,16-/m0/s1. The Balaban J connectivity index is 2.15. The normalized spacial score (nSPS) is 13.0. The average molecular weight is 328 g/mol. The summed E-state index contributed by atoms with van der Waals surface area (Å²) in [5.74, 6) is -0.810. The van der Waals surface area contributed by atoms with E-state index in [1.54, 1.807) is 48.5 Å². The van der Waals surface area contributed by atoms with Crippen LogP contribution < -0.4 is 11.5 Å². The molecule has 0 saturated heterocycles. The number of hydrogen-bond acceptors (Lipinski definition) is 6. The summed E-state index contributed by atoms with van der Waals surface area (Å²) in [5, 5.41) is 0. The molecule has 6 heteroatoms. The molecule has 0 radical (unpaired) electrons. The topological polar surface area (TPSA) is 105 Å². The predicted molar refractivity (Wildman–Crippen MR) is 89.4 cm³/mol. The van der Waals surface area contributed by atoms with E-state index in [2.05, 4.69) is 9.47 Å². The zero-order valence-electron chi connectivity index (χ0n) is 13.6. The first-order valence-electron chi connectivity index (χ1n) is 7.35. The number of hydrogen-bond donors (Lipinski definition) is 2. The Hall–Kier alpha value is -2.70. The lowest BCUT2D eigenvalue weighted by molar-refractivity contribution is 0.0592. The van der Waals surface area contributed by atoms with Gasteiger partial charge in [-0.1, -0.05) is 24.3 Å². The van der Waals surface area contributed by atoms with Crippen LogP contribution in [0.3, 0.4) is 0 Å². The van der Waals surface area contributed by atoms with E-state index in [4.69, 9.17) is 11.5 Å². The van der Waals surface area contributed by atoms with Gasteiger partial charge in [-0.3, -0.25) is 0 Å². The van der Waals surface area contributed by atoms with Crippen LogP contribution in [0.4, 0.5) is 0 Å². The molecule has 4 N–H and O–H groups in total. The number of rotatable bonds is 5. The van der Waals surface area contributed by atoms with E-state index in [1.807, 2.05) is 0 Å². The second kappa shape index (κ2) is 7.72. The van der Waals surface area contributed by atoms with Crippen molar-refractivity contribution < 1.29 is 19.1 Å². The highest BCUT2D eigenvalue weighted by Gasteiger charge is 2.18. The lowest BCUT2D eigenvalue weighted by Gasteiger charge is -2.21. The Labute approximate surface area is 140 Å². The lowest BCUT2D eigenvalue weighted by Crippen LogP contribution is -2.26. The van der Waals surface area contributed by atoms with Gasteiger partial charge in [0.2, 0.25) is 0 Å². The number of carbonyl (C=O) groups is 2. The smallest absolute Gasteiger partial charge is 0.337 e. The van der Waals surface area contributed by atoms with Crippen LogP contribution in [0.15, 0.2) is 48.5 Å². The summed E-state index contributed by atoms with van der Waals surface area (Å²) >= 11 is 0. The molecule has 0 aromatic heterocycles. The first-order chi connectivity index (χ1) is 11.5. The number of benzene rings is 2. The number of nitrogens with two attached hydrogens (primary N) is 2. The Morgan fingerprint density at radius 2 is 1.00 bits per heavy atom. The molecular formula is C18H20N2O4. The van der Waals surface area contributed by atoms with E-state index in [0.29, 0.717) is 11.1 Å². The van der Waals surface area contributed by atoms with Crippen molar-refractivity contribution in [1.82, 2.24) is 0 Å². The largest absolute Gasteiger partial charge is 0.465 e. The van der Waals surface area contributed by atoms with E-state index in [0.717, 1.165) is 11.1 Å². The van der Waals surface area contributed by atoms with E-state index >= 15 is 0 Å². The maximum Gasteiger partial charge on any atom is 0.337 e. The second-order valence-corrected chi connectivity index (χ2v) is 5.28. The van der Waals surface area contributed by atoms with Crippen molar-refractivity contribution in [2.45, 2.75) is 12.1 Å². The van der Waals surface area contributed by atoms with E-state index < -0.39 is 24.0 Å². The highest BCUT2D eigenvalue weighted by atomic mass is 16.5. The van der Waals surface area contributed by atoms with Gasteiger partial charge in [0, 0.05) is 12.1 Å². The van der Waals surface area contributed by atoms with Crippen molar-refractivity contribution in [3.05, 3.63) is 70.8 Å². The Bertz CT molecular complexity index is 647. The average Bonchev–Trinajstić information content (AvgIpc) is 2.65. The van der Waals surface area contributed by atoms with Crippen LogP contribution in [-0.2, 0) is 9.47 Å². The first kappa shape index (κ1) is 17.7. The van der Waals surface area contributed by atoms with Crippen molar-refractivity contribution in [2.75, 3.05) is 14.2 Å². The highest BCUT2D eigenvalue weighted by molar-refractivity contribution is 5.89. The summed E-state index contributed by atoms with van der Waals surface area (Å²) in [6.07, 6.45) is 0. The highest BCUT2D eigenvalue weighted by Crippen LogP contribution is 2.25. The maximum atomic E-state index is 11.4. The third-order valence-electron chi connectivity index (χ3n) is 3.82. The molecule has 2 aromatic carbocycles. The number of ether oxygens (including phenoxy) is 2. The third-order valence-corrected chi connectivity index (χ3v) is 3.82. The zero-order chi connectivity index (χ0) is 17.7. The van der Waals surface area contributed by atoms with Crippen molar-refractivity contribution in [3.63, 3.8) is 0 Å².